The van der Waals surface area contributed by atoms with Crippen molar-refractivity contribution in [1.82, 2.24) is 14.5 Å². The van der Waals surface area contributed by atoms with Crippen LogP contribution in [0.3, 0.4) is 0 Å². The molecule has 0 spiro atoms. The number of nitrogens with zero attached hydrogens (tertiary/aromatic N) is 3. The Morgan fingerprint density at radius 1 is 1.08 bits per heavy atom. The van der Waals surface area contributed by atoms with Crippen LogP contribution < -0.4 is 0 Å². The van der Waals surface area contributed by atoms with Crippen LogP contribution in [0.15, 0.2) is 42.5 Å². The highest BCUT2D eigenvalue weighted by atomic mass is 16.5. The fourth-order valence-electron chi connectivity index (χ4n) is 5.78. The number of hydrogen-bond acceptors (Lipinski definition) is 5. The Kier molecular flexibility index (Phi) is 6.96. The van der Waals surface area contributed by atoms with Crippen LogP contribution in [0, 0.1) is 0 Å². The Bertz CT molecular complexity index is 1250. The molecule has 2 heterocycles. The molecular weight excluding hydrogens is 458 g/mol. The quantitative estimate of drug-likeness (QED) is 0.537. The molecule has 1 atom stereocenters. The summed E-state index contributed by atoms with van der Waals surface area (Å²) in [6.07, 6.45) is 4.47. The Morgan fingerprint density at radius 2 is 1.83 bits per heavy atom. The van der Waals surface area contributed by atoms with Crippen LogP contribution in [0.1, 0.15) is 60.0 Å². The van der Waals surface area contributed by atoms with Gasteiger partial charge in [-0.1, -0.05) is 36.4 Å². The lowest BCUT2D eigenvalue weighted by Gasteiger charge is -2.28. The van der Waals surface area contributed by atoms with Crippen molar-refractivity contribution in [3.8, 4) is 0 Å². The number of aliphatic carboxylic acids is 1. The molecule has 2 aromatic carbocycles. The molecule has 3 aromatic rings. The topological polar surface area (TPSA) is 93.9 Å². The van der Waals surface area contributed by atoms with Gasteiger partial charge in [-0.3, -0.25) is 4.79 Å². The highest BCUT2D eigenvalue weighted by Crippen LogP contribution is 2.38. The summed E-state index contributed by atoms with van der Waals surface area (Å²) in [5.74, 6) is -0.387. The number of aromatic nitrogens is 2. The van der Waals surface area contributed by atoms with Crippen LogP contribution >= 0.6 is 0 Å². The molecule has 1 aliphatic carbocycles. The predicted molar refractivity (Wildman–Crippen MR) is 135 cm³/mol. The molecule has 0 bridgehead atoms. The summed E-state index contributed by atoms with van der Waals surface area (Å²) >= 11 is 0. The van der Waals surface area contributed by atoms with E-state index in [9.17, 15) is 14.7 Å². The average molecular weight is 492 g/mol. The number of carboxylic acid groups (broad SMARTS) is 1. The zero-order chi connectivity index (χ0) is 25.2. The number of carboxylic acids is 1. The smallest absolute Gasteiger partial charge is 0.409 e. The van der Waals surface area contributed by atoms with Crippen LogP contribution in [0.2, 0.25) is 0 Å². The Balaban J connectivity index is 1.60. The van der Waals surface area contributed by atoms with Crippen LogP contribution in [-0.4, -0.2) is 58.5 Å². The fraction of sp³-hybridized carbons (Fsp3) is 0.464. The second-order valence-electron chi connectivity index (χ2n) is 9.80. The number of benzene rings is 2. The van der Waals surface area contributed by atoms with E-state index in [4.69, 9.17) is 14.5 Å². The molecule has 1 aromatic heterocycles. The summed E-state index contributed by atoms with van der Waals surface area (Å²) in [7, 11) is 3.16. The second kappa shape index (κ2) is 10.3. The molecule has 190 valence electrons. The molecule has 36 heavy (non-hydrogen) atoms. The first-order chi connectivity index (χ1) is 17.5. The van der Waals surface area contributed by atoms with Crippen LogP contribution in [-0.2, 0) is 33.8 Å². The van der Waals surface area contributed by atoms with E-state index >= 15 is 0 Å². The number of carbonyl (C=O) groups is 2. The highest BCUT2D eigenvalue weighted by Gasteiger charge is 2.31. The Hall–Kier alpha value is -3.39. The summed E-state index contributed by atoms with van der Waals surface area (Å²) in [6.45, 7) is 1.34. The summed E-state index contributed by atoms with van der Waals surface area (Å²) in [6, 6.07) is 13.6. The maximum atomic E-state index is 12.4. The van der Waals surface area contributed by atoms with Gasteiger partial charge in [-0.05, 0) is 49.3 Å². The van der Waals surface area contributed by atoms with E-state index in [1.165, 1.54) is 12.7 Å². The maximum absolute atomic E-state index is 12.4. The lowest BCUT2D eigenvalue weighted by molar-refractivity contribution is -0.139. The third-order valence-corrected chi connectivity index (χ3v) is 7.82. The average Bonchev–Trinajstić information content (AvgIpc) is 3.30. The van der Waals surface area contributed by atoms with E-state index in [1.807, 2.05) is 30.3 Å². The van der Waals surface area contributed by atoms with Crippen molar-refractivity contribution in [2.45, 2.75) is 63.1 Å². The van der Waals surface area contributed by atoms with Gasteiger partial charge in [0.2, 0.25) is 0 Å². The molecular formula is C28H33N3O5. The van der Waals surface area contributed by atoms with Crippen molar-refractivity contribution >= 4 is 23.1 Å². The first-order valence-corrected chi connectivity index (χ1v) is 12.6. The second-order valence-corrected chi connectivity index (χ2v) is 9.80. The summed E-state index contributed by atoms with van der Waals surface area (Å²) in [5.41, 5.74) is 4.77. The molecule has 5 rings (SSSR count). The molecule has 1 saturated carbocycles. The minimum Gasteiger partial charge on any atom is -0.481 e. The van der Waals surface area contributed by atoms with E-state index in [0.717, 1.165) is 60.1 Å². The van der Waals surface area contributed by atoms with Gasteiger partial charge < -0.3 is 24.0 Å². The third kappa shape index (κ3) is 4.57. The molecule has 8 heteroatoms. The van der Waals surface area contributed by atoms with Crippen LogP contribution in [0.4, 0.5) is 4.79 Å². The van der Waals surface area contributed by atoms with E-state index < -0.39 is 11.9 Å². The molecule has 0 radical (unpaired) electrons. The number of rotatable bonds is 6. The van der Waals surface area contributed by atoms with Crippen molar-refractivity contribution in [3.63, 3.8) is 0 Å². The van der Waals surface area contributed by atoms with E-state index in [0.29, 0.717) is 19.6 Å². The first-order valence-electron chi connectivity index (χ1n) is 12.6. The van der Waals surface area contributed by atoms with Crippen LogP contribution in [0.5, 0.6) is 0 Å². The first kappa shape index (κ1) is 24.3. The minimum absolute atomic E-state index is 0.227. The number of fused-ring (bicyclic) bond motifs is 3. The van der Waals surface area contributed by atoms with E-state index in [2.05, 4.69) is 16.7 Å². The zero-order valence-corrected chi connectivity index (χ0v) is 20.9. The largest absolute Gasteiger partial charge is 0.481 e. The molecule has 1 aliphatic heterocycles. The lowest BCUT2D eigenvalue weighted by Crippen LogP contribution is -2.35. The molecule has 1 fully saturated rings. The van der Waals surface area contributed by atoms with Crippen molar-refractivity contribution in [2.75, 3.05) is 20.8 Å². The number of ether oxygens (including phenoxy) is 2. The fourth-order valence-corrected chi connectivity index (χ4v) is 5.78. The SMILES string of the molecule is COC(=O)N1CCc2ccc3c(nc([C@H]4CC[C@@H](OC)CC4)n3C[C@@H](C(=O)O)c3ccccc3)c2C1. The van der Waals surface area contributed by atoms with Crippen molar-refractivity contribution in [2.24, 2.45) is 0 Å². The summed E-state index contributed by atoms with van der Waals surface area (Å²) in [4.78, 5) is 31.6. The normalized spacial score (nSPS) is 20.7. The van der Waals surface area contributed by atoms with Gasteiger partial charge in [-0.25, -0.2) is 9.78 Å². The van der Waals surface area contributed by atoms with Crippen molar-refractivity contribution in [1.29, 1.82) is 0 Å². The Labute approximate surface area is 210 Å². The van der Waals surface area contributed by atoms with E-state index in [1.54, 1.807) is 12.0 Å². The van der Waals surface area contributed by atoms with Crippen LogP contribution in [0.25, 0.3) is 11.0 Å². The van der Waals surface area contributed by atoms with Gasteiger partial charge in [0.1, 0.15) is 5.82 Å². The molecule has 8 nitrogen and oxygen atoms in total. The standard InChI is InChI=1S/C28H33N3O5/c1-35-21-11-8-20(9-12-21)26-29-25-22-16-30(28(34)36-2)15-14-19(22)10-13-24(25)31(26)17-23(27(32)33)18-6-4-3-5-7-18/h3-7,10,13,20-21,23H,8-9,11-12,14-17H2,1-2H3,(H,32,33)/t20-,21+,23-/m1/s1. The van der Waals surface area contributed by atoms with Gasteiger partial charge in [0.25, 0.3) is 0 Å². The third-order valence-electron chi connectivity index (χ3n) is 7.82. The van der Waals surface area contributed by atoms with Crippen molar-refractivity contribution in [3.05, 3.63) is 65.0 Å². The van der Waals surface area contributed by atoms with Gasteiger partial charge in [-0.2, -0.15) is 0 Å². The summed E-state index contributed by atoms with van der Waals surface area (Å²) < 4.78 is 12.7. The van der Waals surface area contributed by atoms with Gasteiger partial charge in [0.15, 0.2) is 0 Å². The lowest BCUT2D eigenvalue weighted by atomic mass is 9.86. The Morgan fingerprint density at radius 3 is 2.50 bits per heavy atom. The number of carbonyl (C=O) groups excluding carboxylic acids is 1. The van der Waals surface area contributed by atoms with Gasteiger partial charge in [0.05, 0.1) is 36.7 Å². The predicted octanol–water partition coefficient (Wildman–Crippen LogP) is 4.70. The molecule has 2 aliphatic rings. The molecule has 1 N–H and O–H groups in total. The molecule has 0 unspecified atom stereocenters. The van der Waals surface area contributed by atoms with Crippen molar-refractivity contribution < 1.29 is 24.2 Å². The van der Waals surface area contributed by atoms with Gasteiger partial charge >= 0.3 is 12.1 Å². The van der Waals surface area contributed by atoms with Gasteiger partial charge in [-0.15, -0.1) is 0 Å². The number of amides is 1. The zero-order valence-electron chi connectivity index (χ0n) is 20.9. The maximum Gasteiger partial charge on any atom is 0.409 e. The monoisotopic (exact) mass is 491 g/mol. The van der Waals surface area contributed by atoms with E-state index in [-0.39, 0.29) is 18.1 Å². The number of imidazole rings is 1. The number of methoxy groups -OCH3 is 2. The minimum atomic E-state index is -0.855. The molecule has 1 amide bonds. The van der Waals surface area contributed by atoms with Gasteiger partial charge in [0, 0.05) is 31.7 Å². The highest BCUT2D eigenvalue weighted by molar-refractivity contribution is 5.83. The number of hydrogen-bond donors (Lipinski definition) is 1. The molecule has 0 saturated heterocycles. The summed E-state index contributed by atoms with van der Waals surface area (Å²) in [5, 5.41) is 10.2.